The second-order valence-corrected chi connectivity index (χ2v) is 6.99. The van der Waals surface area contributed by atoms with Crippen molar-refractivity contribution in [2.45, 2.75) is 16.9 Å². The molecule has 116 valence electrons. The van der Waals surface area contributed by atoms with Crippen molar-refractivity contribution in [2.24, 2.45) is 0 Å². The number of hydrogen-bond acceptors (Lipinski definition) is 4. The number of halogens is 1. The van der Waals surface area contributed by atoms with Gasteiger partial charge in [0.2, 0.25) is 5.89 Å². The van der Waals surface area contributed by atoms with Gasteiger partial charge < -0.3 is 4.42 Å². The van der Waals surface area contributed by atoms with E-state index in [-0.39, 0.29) is 5.25 Å². The van der Waals surface area contributed by atoms with Crippen LogP contribution < -0.4 is 0 Å². The molecular weight excluding hydrogens is 372 g/mol. The van der Waals surface area contributed by atoms with Crippen LogP contribution in [-0.4, -0.2) is 10.2 Å². The van der Waals surface area contributed by atoms with Crippen LogP contribution in [0.5, 0.6) is 0 Å². The van der Waals surface area contributed by atoms with E-state index >= 15 is 0 Å². The van der Waals surface area contributed by atoms with Crippen molar-refractivity contribution in [3.05, 3.63) is 77.3 Å². The van der Waals surface area contributed by atoms with E-state index in [4.69, 9.17) is 4.42 Å². The molecule has 5 heteroatoms. The molecule has 0 amide bonds. The zero-order valence-corrected chi connectivity index (χ0v) is 14.8. The SMILES string of the molecule is C=CCC(Sc1nnc(-c2ccc(Br)cc2)o1)c1ccccc1. The highest BCUT2D eigenvalue weighted by Gasteiger charge is 2.16. The van der Waals surface area contributed by atoms with Crippen LogP contribution in [0, 0.1) is 0 Å². The molecule has 1 unspecified atom stereocenters. The standard InChI is InChI=1S/C18H15BrN2OS/c1-2-6-16(13-7-4-3-5-8-13)23-18-21-20-17(22-18)14-9-11-15(19)12-10-14/h2-5,7-12,16H,1,6H2. The summed E-state index contributed by atoms with van der Waals surface area (Å²) in [6, 6.07) is 18.1. The normalized spacial score (nSPS) is 12.0. The van der Waals surface area contributed by atoms with E-state index in [0.29, 0.717) is 11.1 Å². The van der Waals surface area contributed by atoms with E-state index < -0.39 is 0 Å². The number of aromatic nitrogens is 2. The van der Waals surface area contributed by atoms with Gasteiger partial charge in [0.15, 0.2) is 0 Å². The Morgan fingerprint density at radius 3 is 2.52 bits per heavy atom. The predicted octanol–water partition coefficient (Wildman–Crippen LogP) is 5.91. The van der Waals surface area contributed by atoms with Gasteiger partial charge in [-0.3, -0.25) is 0 Å². The lowest BCUT2D eigenvalue weighted by molar-refractivity contribution is 0.464. The van der Waals surface area contributed by atoms with Gasteiger partial charge in [-0.1, -0.05) is 64.1 Å². The fourth-order valence-corrected chi connectivity index (χ4v) is 3.41. The molecule has 0 aliphatic rings. The first kappa shape index (κ1) is 16.0. The van der Waals surface area contributed by atoms with Crippen LogP contribution in [0.4, 0.5) is 0 Å². The van der Waals surface area contributed by atoms with Gasteiger partial charge in [-0.15, -0.1) is 16.8 Å². The van der Waals surface area contributed by atoms with Crippen molar-refractivity contribution in [3.63, 3.8) is 0 Å². The van der Waals surface area contributed by atoms with Crippen LogP contribution in [-0.2, 0) is 0 Å². The van der Waals surface area contributed by atoms with Crippen LogP contribution in [0.3, 0.4) is 0 Å². The zero-order valence-electron chi connectivity index (χ0n) is 12.4. The van der Waals surface area contributed by atoms with E-state index in [0.717, 1.165) is 16.5 Å². The molecule has 0 radical (unpaired) electrons. The Morgan fingerprint density at radius 1 is 1.09 bits per heavy atom. The summed E-state index contributed by atoms with van der Waals surface area (Å²) in [5.41, 5.74) is 2.13. The second-order valence-electron chi connectivity index (χ2n) is 4.92. The van der Waals surface area contributed by atoms with Crippen molar-refractivity contribution in [3.8, 4) is 11.5 Å². The van der Waals surface area contributed by atoms with Gasteiger partial charge in [-0.05, 0) is 36.2 Å². The molecule has 0 bridgehead atoms. The van der Waals surface area contributed by atoms with Crippen molar-refractivity contribution >= 4 is 27.7 Å². The maximum Gasteiger partial charge on any atom is 0.277 e. The molecule has 3 nitrogen and oxygen atoms in total. The van der Waals surface area contributed by atoms with Gasteiger partial charge in [-0.25, -0.2) is 0 Å². The number of benzene rings is 2. The fraction of sp³-hybridized carbons (Fsp3) is 0.111. The number of nitrogens with zero attached hydrogens (tertiary/aromatic N) is 2. The van der Waals surface area contributed by atoms with Crippen molar-refractivity contribution in [1.29, 1.82) is 0 Å². The summed E-state index contributed by atoms with van der Waals surface area (Å²) in [6.07, 6.45) is 2.75. The minimum Gasteiger partial charge on any atom is -0.411 e. The molecule has 3 rings (SSSR count). The Labute approximate surface area is 148 Å². The highest BCUT2D eigenvalue weighted by atomic mass is 79.9. The molecule has 0 saturated carbocycles. The third-order valence-corrected chi connectivity index (χ3v) is 4.94. The number of allylic oxidation sites excluding steroid dienone is 1. The van der Waals surface area contributed by atoms with Gasteiger partial charge in [0, 0.05) is 15.3 Å². The summed E-state index contributed by atoms with van der Waals surface area (Å²) < 4.78 is 6.82. The average Bonchev–Trinajstić information content (AvgIpc) is 3.04. The highest BCUT2D eigenvalue weighted by Crippen LogP contribution is 2.38. The molecule has 0 fully saturated rings. The van der Waals surface area contributed by atoms with Crippen LogP contribution in [0.1, 0.15) is 17.2 Å². The van der Waals surface area contributed by atoms with E-state index in [1.807, 2.05) is 48.5 Å². The van der Waals surface area contributed by atoms with Crippen LogP contribution >= 0.6 is 27.7 Å². The summed E-state index contributed by atoms with van der Waals surface area (Å²) in [6.45, 7) is 3.84. The Balaban J connectivity index is 1.79. The maximum atomic E-state index is 5.80. The van der Waals surface area contributed by atoms with Gasteiger partial charge in [0.1, 0.15) is 0 Å². The van der Waals surface area contributed by atoms with Crippen molar-refractivity contribution < 1.29 is 4.42 Å². The number of hydrogen-bond donors (Lipinski definition) is 0. The summed E-state index contributed by atoms with van der Waals surface area (Å²) in [4.78, 5) is 0. The van der Waals surface area contributed by atoms with Crippen LogP contribution in [0.25, 0.3) is 11.5 Å². The lowest BCUT2D eigenvalue weighted by atomic mass is 10.1. The predicted molar refractivity (Wildman–Crippen MR) is 97.3 cm³/mol. The van der Waals surface area contributed by atoms with Gasteiger partial charge in [0.25, 0.3) is 5.22 Å². The van der Waals surface area contributed by atoms with Crippen molar-refractivity contribution in [2.75, 3.05) is 0 Å². The first-order valence-corrected chi connectivity index (χ1v) is 8.85. The van der Waals surface area contributed by atoms with E-state index in [9.17, 15) is 0 Å². The van der Waals surface area contributed by atoms with Gasteiger partial charge in [0.05, 0.1) is 0 Å². The third-order valence-electron chi connectivity index (χ3n) is 3.29. The molecule has 0 N–H and O–H groups in total. The first-order valence-electron chi connectivity index (χ1n) is 7.18. The molecule has 3 aromatic rings. The summed E-state index contributed by atoms with van der Waals surface area (Å²) >= 11 is 4.98. The Morgan fingerprint density at radius 2 is 1.83 bits per heavy atom. The Hall–Kier alpha value is -1.85. The molecule has 0 saturated heterocycles. The summed E-state index contributed by atoms with van der Waals surface area (Å²) in [5, 5.41) is 9.09. The fourth-order valence-electron chi connectivity index (χ4n) is 2.16. The number of rotatable bonds is 6. The smallest absolute Gasteiger partial charge is 0.277 e. The van der Waals surface area contributed by atoms with Gasteiger partial charge >= 0.3 is 0 Å². The topological polar surface area (TPSA) is 38.9 Å². The third kappa shape index (κ3) is 4.12. The quantitative estimate of drug-likeness (QED) is 0.389. The van der Waals surface area contributed by atoms with E-state index in [1.54, 1.807) is 11.8 Å². The van der Waals surface area contributed by atoms with Crippen LogP contribution in [0.15, 0.2) is 81.4 Å². The molecule has 0 aliphatic heterocycles. The minimum atomic E-state index is 0.215. The second kappa shape index (κ2) is 7.62. The molecule has 2 aromatic carbocycles. The molecule has 0 aliphatic carbocycles. The minimum absolute atomic E-state index is 0.215. The van der Waals surface area contributed by atoms with E-state index in [2.05, 4.69) is 44.8 Å². The van der Waals surface area contributed by atoms with E-state index in [1.165, 1.54) is 5.56 Å². The zero-order chi connectivity index (χ0) is 16.1. The van der Waals surface area contributed by atoms with Gasteiger partial charge in [-0.2, -0.15) is 0 Å². The molecule has 1 aromatic heterocycles. The monoisotopic (exact) mass is 386 g/mol. The Bertz CT molecular complexity index is 771. The lowest BCUT2D eigenvalue weighted by Crippen LogP contribution is -1.92. The average molecular weight is 387 g/mol. The van der Waals surface area contributed by atoms with Crippen LogP contribution in [0.2, 0.25) is 0 Å². The molecule has 1 atom stereocenters. The van der Waals surface area contributed by atoms with Crippen molar-refractivity contribution in [1.82, 2.24) is 10.2 Å². The largest absolute Gasteiger partial charge is 0.411 e. The lowest BCUT2D eigenvalue weighted by Gasteiger charge is -2.12. The molecule has 23 heavy (non-hydrogen) atoms. The maximum absolute atomic E-state index is 5.80. The molecular formula is C18H15BrN2OS. The Kier molecular flexibility index (Phi) is 5.31. The summed E-state index contributed by atoms with van der Waals surface area (Å²) in [7, 11) is 0. The molecule has 0 spiro atoms. The highest BCUT2D eigenvalue weighted by molar-refractivity contribution is 9.10. The molecule has 1 heterocycles. The first-order chi connectivity index (χ1) is 11.3. The summed E-state index contributed by atoms with van der Waals surface area (Å²) in [5.74, 6) is 0.533. The number of thioether (sulfide) groups is 1.